The van der Waals surface area contributed by atoms with Gasteiger partial charge >= 0.3 is 0 Å². The summed E-state index contributed by atoms with van der Waals surface area (Å²) in [6.07, 6.45) is 1.03. The number of nitrogens with two attached hydrogens (primary N) is 1. The van der Waals surface area contributed by atoms with Crippen LogP contribution in [0.1, 0.15) is 25.8 Å². The van der Waals surface area contributed by atoms with Crippen LogP contribution in [0.25, 0.3) is 0 Å². The molecule has 0 aliphatic carbocycles. The second kappa shape index (κ2) is 7.05. The molecule has 0 radical (unpaired) electrons. The molecular formula is C17H27N3O. The molecule has 1 aromatic carbocycles. The number of hydrogen-bond donors (Lipinski definition) is 1. The van der Waals surface area contributed by atoms with Crippen LogP contribution in [0.15, 0.2) is 30.3 Å². The molecule has 21 heavy (non-hydrogen) atoms. The lowest BCUT2D eigenvalue weighted by Crippen LogP contribution is -2.49. The second-order valence-corrected chi connectivity index (χ2v) is 6.38. The van der Waals surface area contributed by atoms with E-state index in [0.29, 0.717) is 0 Å². The zero-order chi connectivity index (χ0) is 15.4. The van der Waals surface area contributed by atoms with Crippen molar-refractivity contribution < 1.29 is 4.79 Å². The maximum Gasteiger partial charge on any atom is 0.239 e. The predicted molar refractivity (Wildman–Crippen MR) is 85.7 cm³/mol. The maximum absolute atomic E-state index is 12.3. The maximum atomic E-state index is 12.3. The molecule has 2 atom stereocenters. The van der Waals surface area contributed by atoms with Crippen molar-refractivity contribution in [3.63, 3.8) is 0 Å². The van der Waals surface area contributed by atoms with Gasteiger partial charge in [0, 0.05) is 32.7 Å². The van der Waals surface area contributed by atoms with Crippen LogP contribution in [-0.2, 0) is 11.3 Å². The van der Waals surface area contributed by atoms with E-state index in [2.05, 4.69) is 29.2 Å². The summed E-state index contributed by atoms with van der Waals surface area (Å²) in [5, 5.41) is 0. The van der Waals surface area contributed by atoms with E-state index in [1.165, 1.54) is 5.56 Å². The van der Waals surface area contributed by atoms with Crippen molar-refractivity contribution in [3.8, 4) is 0 Å². The van der Waals surface area contributed by atoms with Crippen molar-refractivity contribution in [1.82, 2.24) is 9.80 Å². The molecule has 1 aliphatic rings. The Bertz CT molecular complexity index is 460. The molecule has 0 bridgehead atoms. The fourth-order valence-electron chi connectivity index (χ4n) is 2.81. The number of amides is 1. The molecule has 0 aromatic heterocycles. The van der Waals surface area contributed by atoms with Gasteiger partial charge < -0.3 is 10.6 Å². The van der Waals surface area contributed by atoms with Crippen LogP contribution in [-0.4, -0.2) is 47.9 Å². The molecule has 4 nitrogen and oxygen atoms in total. The van der Waals surface area contributed by atoms with Crippen LogP contribution in [0.5, 0.6) is 0 Å². The summed E-state index contributed by atoms with van der Waals surface area (Å²) < 4.78 is 0. The third kappa shape index (κ3) is 4.05. The minimum atomic E-state index is -0.391. The largest absolute Gasteiger partial charge is 0.340 e. The highest BCUT2D eigenvalue weighted by atomic mass is 16.2. The van der Waals surface area contributed by atoms with Crippen LogP contribution >= 0.6 is 0 Å². The molecule has 2 N–H and O–H groups in total. The van der Waals surface area contributed by atoms with Crippen LogP contribution in [0, 0.1) is 5.92 Å². The van der Waals surface area contributed by atoms with Crippen molar-refractivity contribution >= 4 is 5.91 Å². The van der Waals surface area contributed by atoms with Crippen LogP contribution in [0.4, 0.5) is 0 Å². The van der Waals surface area contributed by atoms with E-state index in [9.17, 15) is 4.79 Å². The number of carbonyl (C=O) groups is 1. The summed E-state index contributed by atoms with van der Waals surface area (Å²) >= 11 is 0. The van der Waals surface area contributed by atoms with Gasteiger partial charge in [-0.15, -0.1) is 0 Å². The normalized spacial score (nSPS) is 20.7. The number of carbonyl (C=O) groups excluding carboxylic acids is 1. The number of likely N-dealkylation sites (N-methyl/N-ethyl adjacent to an activating group) is 1. The minimum Gasteiger partial charge on any atom is -0.340 e. The summed E-state index contributed by atoms with van der Waals surface area (Å²) in [6.45, 7) is 6.91. The Balaban J connectivity index is 1.88. The van der Waals surface area contributed by atoms with Crippen LogP contribution < -0.4 is 5.73 Å². The molecule has 2 rings (SSSR count). The van der Waals surface area contributed by atoms with E-state index in [1.54, 1.807) is 0 Å². The van der Waals surface area contributed by atoms with Gasteiger partial charge in [0.25, 0.3) is 0 Å². The highest BCUT2D eigenvalue weighted by Gasteiger charge is 2.31. The Morgan fingerprint density at radius 1 is 1.38 bits per heavy atom. The molecule has 0 saturated carbocycles. The first kappa shape index (κ1) is 16.0. The van der Waals surface area contributed by atoms with E-state index in [1.807, 2.05) is 31.9 Å². The molecule has 116 valence electrons. The number of likely N-dealkylation sites (tertiary alicyclic amines) is 1. The molecule has 1 fully saturated rings. The van der Waals surface area contributed by atoms with E-state index >= 15 is 0 Å². The number of nitrogens with zero attached hydrogens (tertiary/aromatic N) is 2. The van der Waals surface area contributed by atoms with E-state index < -0.39 is 6.04 Å². The first-order valence-corrected chi connectivity index (χ1v) is 7.77. The fraction of sp³-hybridized carbons (Fsp3) is 0.588. The number of hydrogen-bond acceptors (Lipinski definition) is 3. The Kier molecular flexibility index (Phi) is 5.37. The quantitative estimate of drug-likeness (QED) is 0.897. The topological polar surface area (TPSA) is 49.6 Å². The highest BCUT2D eigenvalue weighted by molar-refractivity contribution is 5.82. The lowest BCUT2D eigenvalue weighted by atomic mass is 10.0. The Morgan fingerprint density at radius 2 is 2.05 bits per heavy atom. The number of benzene rings is 1. The van der Waals surface area contributed by atoms with E-state index in [-0.39, 0.29) is 17.9 Å². The summed E-state index contributed by atoms with van der Waals surface area (Å²) in [5.41, 5.74) is 7.31. The lowest BCUT2D eigenvalue weighted by Gasteiger charge is -2.29. The summed E-state index contributed by atoms with van der Waals surface area (Å²) in [4.78, 5) is 16.6. The van der Waals surface area contributed by atoms with Crippen molar-refractivity contribution in [2.45, 2.75) is 38.9 Å². The monoisotopic (exact) mass is 289 g/mol. The van der Waals surface area contributed by atoms with Gasteiger partial charge in [-0.1, -0.05) is 44.2 Å². The summed E-state index contributed by atoms with van der Waals surface area (Å²) in [6, 6.07) is 10.4. The Labute approximate surface area is 127 Å². The van der Waals surface area contributed by atoms with Gasteiger partial charge in [-0.25, -0.2) is 0 Å². The van der Waals surface area contributed by atoms with Crippen molar-refractivity contribution in [2.75, 3.05) is 20.1 Å². The van der Waals surface area contributed by atoms with Gasteiger partial charge in [-0.3, -0.25) is 9.69 Å². The standard InChI is InChI=1S/C17H27N3O/c1-13(2)16(18)17(21)19(3)15-9-10-20(12-15)11-14-7-5-4-6-8-14/h4-8,13,15-16H,9-12,18H2,1-3H3/t15-,16-/m0/s1. The SMILES string of the molecule is CC(C)[C@H](N)C(=O)N(C)[C@H]1CCN(Cc2ccccc2)C1. The van der Waals surface area contributed by atoms with Crippen LogP contribution in [0.3, 0.4) is 0 Å². The third-order valence-corrected chi connectivity index (χ3v) is 4.40. The molecule has 1 amide bonds. The van der Waals surface area contributed by atoms with Gasteiger partial charge in [0.1, 0.15) is 0 Å². The van der Waals surface area contributed by atoms with E-state index in [4.69, 9.17) is 5.73 Å². The molecule has 0 spiro atoms. The zero-order valence-electron chi connectivity index (χ0n) is 13.3. The van der Waals surface area contributed by atoms with Gasteiger partial charge in [0.15, 0.2) is 0 Å². The summed E-state index contributed by atoms with van der Waals surface area (Å²) in [7, 11) is 1.89. The van der Waals surface area contributed by atoms with E-state index in [0.717, 1.165) is 26.1 Å². The average molecular weight is 289 g/mol. The zero-order valence-corrected chi connectivity index (χ0v) is 13.3. The molecule has 1 aliphatic heterocycles. The molecular weight excluding hydrogens is 262 g/mol. The van der Waals surface area contributed by atoms with Crippen molar-refractivity contribution in [3.05, 3.63) is 35.9 Å². The first-order valence-electron chi connectivity index (χ1n) is 7.77. The molecule has 1 heterocycles. The van der Waals surface area contributed by atoms with Gasteiger partial charge in [-0.2, -0.15) is 0 Å². The van der Waals surface area contributed by atoms with Crippen molar-refractivity contribution in [2.24, 2.45) is 11.7 Å². The molecule has 4 heteroatoms. The lowest BCUT2D eigenvalue weighted by molar-refractivity contribution is -0.134. The fourth-order valence-corrected chi connectivity index (χ4v) is 2.81. The van der Waals surface area contributed by atoms with Crippen molar-refractivity contribution in [1.29, 1.82) is 0 Å². The Morgan fingerprint density at radius 3 is 2.67 bits per heavy atom. The second-order valence-electron chi connectivity index (χ2n) is 6.38. The van der Waals surface area contributed by atoms with Gasteiger partial charge in [0.2, 0.25) is 5.91 Å². The van der Waals surface area contributed by atoms with Crippen LogP contribution in [0.2, 0.25) is 0 Å². The smallest absolute Gasteiger partial charge is 0.239 e. The number of rotatable bonds is 5. The minimum absolute atomic E-state index is 0.0663. The van der Waals surface area contributed by atoms with Gasteiger partial charge in [-0.05, 0) is 17.9 Å². The predicted octanol–water partition coefficient (Wildman–Crippen LogP) is 1.70. The Hall–Kier alpha value is -1.39. The summed E-state index contributed by atoms with van der Waals surface area (Å²) in [5.74, 6) is 0.248. The molecule has 1 saturated heterocycles. The highest BCUT2D eigenvalue weighted by Crippen LogP contribution is 2.18. The first-order chi connectivity index (χ1) is 9.99. The molecule has 0 unspecified atom stereocenters. The molecule has 1 aromatic rings. The third-order valence-electron chi connectivity index (χ3n) is 4.40. The van der Waals surface area contributed by atoms with Gasteiger partial charge in [0.05, 0.1) is 6.04 Å². The average Bonchev–Trinajstić information content (AvgIpc) is 2.94.